The summed E-state index contributed by atoms with van der Waals surface area (Å²) < 4.78 is 7.03. The number of aromatic nitrogens is 4. The van der Waals surface area contributed by atoms with Gasteiger partial charge in [-0.05, 0) is 42.0 Å². The number of carbonyl (C=O) groups is 1. The SMILES string of the molecule is CC1(C)OC(=O)n2c3nc(-c4ccnc([N+](=O)[O-])c4)ccc3c3cncc1c32. The molecule has 1 aliphatic heterocycles. The highest BCUT2D eigenvalue weighted by atomic mass is 16.6. The minimum Gasteiger partial charge on any atom is -0.438 e. The van der Waals surface area contributed by atoms with E-state index in [4.69, 9.17) is 4.74 Å². The maximum Gasteiger partial charge on any atom is 0.421 e. The van der Waals surface area contributed by atoms with Gasteiger partial charge in [-0.1, -0.05) is 0 Å². The Balaban J connectivity index is 1.83. The predicted octanol–water partition coefficient (Wildman–Crippen LogP) is 3.79. The Bertz CT molecular complexity index is 1320. The molecule has 0 aliphatic carbocycles. The molecule has 5 rings (SSSR count). The quantitative estimate of drug-likeness (QED) is 0.387. The summed E-state index contributed by atoms with van der Waals surface area (Å²) in [6.07, 6.45) is 4.23. The lowest BCUT2D eigenvalue weighted by molar-refractivity contribution is -0.389. The second kappa shape index (κ2) is 5.32. The summed E-state index contributed by atoms with van der Waals surface area (Å²) in [5.74, 6) is -0.270. The summed E-state index contributed by atoms with van der Waals surface area (Å²) in [6.45, 7) is 3.63. The third-order valence-corrected chi connectivity index (χ3v) is 4.92. The Labute approximate surface area is 157 Å². The normalized spacial score (nSPS) is 15.0. The van der Waals surface area contributed by atoms with Gasteiger partial charge in [-0.25, -0.2) is 14.3 Å². The zero-order valence-corrected chi connectivity index (χ0v) is 14.9. The van der Waals surface area contributed by atoms with E-state index in [1.54, 1.807) is 24.5 Å². The fraction of sp³-hybridized carbons (Fsp3) is 0.158. The average molecular weight is 375 g/mol. The van der Waals surface area contributed by atoms with Crippen molar-refractivity contribution in [3.8, 4) is 11.3 Å². The Kier molecular flexibility index (Phi) is 3.10. The number of hydrogen-bond acceptors (Lipinski definition) is 7. The van der Waals surface area contributed by atoms with Crippen LogP contribution in [0.2, 0.25) is 0 Å². The Morgan fingerprint density at radius 1 is 1.18 bits per heavy atom. The van der Waals surface area contributed by atoms with Crippen LogP contribution < -0.4 is 0 Å². The van der Waals surface area contributed by atoms with E-state index in [1.165, 1.54) is 16.8 Å². The van der Waals surface area contributed by atoms with E-state index in [-0.39, 0.29) is 5.82 Å². The minimum absolute atomic E-state index is 0.270. The molecule has 0 bridgehead atoms. The Morgan fingerprint density at radius 3 is 2.79 bits per heavy atom. The molecule has 28 heavy (non-hydrogen) atoms. The highest BCUT2D eigenvalue weighted by Crippen LogP contribution is 2.40. The summed E-state index contributed by atoms with van der Waals surface area (Å²) >= 11 is 0. The van der Waals surface area contributed by atoms with Gasteiger partial charge in [-0.3, -0.25) is 4.98 Å². The number of nitrogens with zero attached hydrogens (tertiary/aromatic N) is 5. The van der Waals surface area contributed by atoms with Gasteiger partial charge in [0.25, 0.3) is 0 Å². The second-order valence-electron chi connectivity index (χ2n) is 7.02. The van der Waals surface area contributed by atoms with Crippen LogP contribution in [0.3, 0.4) is 0 Å². The molecule has 0 atom stereocenters. The number of pyridine rings is 3. The van der Waals surface area contributed by atoms with Crippen LogP contribution in [-0.4, -0.2) is 30.5 Å². The minimum atomic E-state index is -0.803. The molecule has 9 heteroatoms. The average Bonchev–Trinajstić information content (AvgIpc) is 3.00. The lowest BCUT2D eigenvalue weighted by Gasteiger charge is -2.30. The van der Waals surface area contributed by atoms with E-state index in [1.807, 2.05) is 19.9 Å². The molecule has 4 aromatic heterocycles. The molecule has 0 fully saturated rings. The summed E-state index contributed by atoms with van der Waals surface area (Å²) in [5, 5.41) is 12.6. The molecular weight excluding hydrogens is 362 g/mol. The molecule has 0 aromatic carbocycles. The van der Waals surface area contributed by atoms with Crippen molar-refractivity contribution in [1.29, 1.82) is 0 Å². The zero-order valence-electron chi connectivity index (χ0n) is 14.9. The van der Waals surface area contributed by atoms with Gasteiger partial charge < -0.3 is 14.9 Å². The number of cyclic esters (lactones) is 1. The molecule has 138 valence electrons. The summed E-state index contributed by atoms with van der Waals surface area (Å²) in [7, 11) is 0. The summed E-state index contributed by atoms with van der Waals surface area (Å²) in [5.41, 5.74) is 2.15. The van der Waals surface area contributed by atoms with E-state index in [2.05, 4.69) is 15.0 Å². The first-order valence-corrected chi connectivity index (χ1v) is 8.50. The topological polar surface area (TPSA) is 113 Å². The van der Waals surface area contributed by atoms with Gasteiger partial charge in [0.1, 0.15) is 11.8 Å². The highest BCUT2D eigenvalue weighted by Gasteiger charge is 2.37. The van der Waals surface area contributed by atoms with Crippen LogP contribution in [0.4, 0.5) is 10.6 Å². The van der Waals surface area contributed by atoms with Crippen molar-refractivity contribution in [2.45, 2.75) is 19.4 Å². The molecular formula is C19H13N5O4. The van der Waals surface area contributed by atoms with Crippen LogP contribution >= 0.6 is 0 Å². The van der Waals surface area contributed by atoms with Gasteiger partial charge in [0.05, 0.1) is 11.2 Å². The van der Waals surface area contributed by atoms with Gasteiger partial charge in [-0.15, -0.1) is 0 Å². The van der Waals surface area contributed by atoms with Gasteiger partial charge in [0.2, 0.25) is 0 Å². The van der Waals surface area contributed by atoms with Crippen molar-refractivity contribution in [2.75, 3.05) is 0 Å². The third kappa shape index (κ3) is 2.13. The van der Waals surface area contributed by atoms with Gasteiger partial charge in [0.15, 0.2) is 5.65 Å². The molecule has 5 heterocycles. The standard InChI is InChI=1S/C19H13N5O4/c1-19(2)13-9-20-8-12-11-3-4-14(10-5-6-21-15(7-10)24(26)27)22-17(11)23(16(12)13)18(25)28-19/h3-9H,1-2H3. The van der Waals surface area contributed by atoms with E-state index in [0.717, 1.165) is 21.9 Å². The molecule has 0 saturated carbocycles. The lowest BCUT2D eigenvalue weighted by atomic mass is 9.97. The van der Waals surface area contributed by atoms with Gasteiger partial charge >= 0.3 is 11.9 Å². The second-order valence-corrected chi connectivity index (χ2v) is 7.02. The molecule has 9 nitrogen and oxygen atoms in total. The van der Waals surface area contributed by atoms with Crippen LogP contribution in [0.15, 0.2) is 42.9 Å². The molecule has 0 unspecified atom stereocenters. The fourth-order valence-electron chi connectivity index (χ4n) is 3.60. The third-order valence-electron chi connectivity index (χ3n) is 4.92. The highest BCUT2D eigenvalue weighted by molar-refractivity contribution is 6.13. The van der Waals surface area contributed by atoms with Crippen LogP contribution in [0, 0.1) is 10.1 Å². The van der Waals surface area contributed by atoms with E-state index in [0.29, 0.717) is 16.9 Å². The molecule has 0 saturated heterocycles. The van der Waals surface area contributed by atoms with E-state index >= 15 is 0 Å². The van der Waals surface area contributed by atoms with E-state index in [9.17, 15) is 14.9 Å². The smallest absolute Gasteiger partial charge is 0.421 e. The number of nitro groups is 1. The first-order chi connectivity index (χ1) is 13.4. The molecule has 4 aromatic rings. The first kappa shape index (κ1) is 16.3. The van der Waals surface area contributed by atoms with E-state index < -0.39 is 16.6 Å². The molecule has 1 aliphatic rings. The van der Waals surface area contributed by atoms with Crippen molar-refractivity contribution in [1.82, 2.24) is 19.5 Å². The number of ether oxygens (including phenoxy) is 1. The number of carbonyl (C=O) groups excluding carboxylic acids is 1. The van der Waals surface area contributed by atoms with Crippen molar-refractivity contribution in [2.24, 2.45) is 0 Å². The van der Waals surface area contributed by atoms with Crippen molar-refractivity contribution in [3.05, 3.63) is 58.5 Å². The molecule has 0 N–H and O–H groups in total. The zero-order chi connectivity index (χ0) is 19.6. The van der Waals surface area contributed by atoms with Crippen LogP contribution in [0.25, 0.3) is 33.2 Å². The van der Waals surface area contributed by atoms with Crippen molar-refractivity contribution in [3.63, 3.8) is 0 Å². The van der Waals surface area contributed by atoms with Crippen LogP contribution in [0.1, 0.15) is 19.4 Å². The summed E-state index contributed by atoms with van der Waals surface area (Å²) in [6, 6.07) is 6.57. The maximum absolute atomic E-state index is 12.7. The number of rotatable bonds is 2. The number of fused-ring (bicyclic) bond motifs is 3. The van der Waals surface area contributed by atoms with Gasteiger partial charge in [-0.2, -0.15) is 0 Å². The lowest BCUT2D eigenvalue weighted by Crippen LogP contribution is -2.33. The van der Waals surface area contributed by atoms with Crippen LogP contribution in [-0.2, 0) is 10.3 Å². The fourth-order valence-corrected chi connectivity index (χ4v) is 3.60. The Hall–Kier alpha value is -3.88. The maximum atomic E-state index is 12.7. The first-order valence-electron chi connectivity index (χ1n) is 8.50. The Morgan fingerprint density at radius 2 is 2.00 bits per heavy atom. The summed E-state index contributed by atoms with van der Waals surface area (Å²) in [4.78, 5) is 35.8. The predicted molar refractivity (Wildman–Crippen MR) is 99.8 cm³/mol. The molecule has 0 spiro atoms. The van der Waals surface area contributed by atoms with Crippen molar-refractivity contribution < 1.29 is 14.5 Å². The largest absolute Gasteiger partial charge is 0.438 e. The molecule has 0 radical (unpaired) electrons. The van der Waals surface area contributed by atoms with Crippen molar-refractivity contribution >= 4 is 33.8 Å². The van der Waals surface area contributed by atoms with Crippen LogP contribution in [0.5, 0.6) is 0 Å². The molecule has 0 amide bonds. The monoisotopic (exact) mass is 375 g/mol. The number of hydrogen-bond donors (Lipinski definition) is 0. The van der Waals surface area contributed by atoms with Gasteiger partial charge in [0, 0.05) is 40.4 Å².